The van der Waals surface area contributed by atoms with Crippen molar-refractivity contribution in [1.82, 2.24) is 5.32 Å². The van der Waals surface area contributed by atoms with Crippen molar-refractivity contribution < 1.29 is 14.6 Å². The maximum Gasteiger partial charge on any atom is 0.407 e. The van der Waals surface area contributed by atoms with Gasteiger partial charge in [-0.1, -0.05) is 11.6 Å². The van der Waals surface area contributed by atoms with E-state index in [1.807, 2.05) is 26.8 Å². The quantitative estimate of drug-likeness (QED) is 0.759. The largest absolute Gasteiger partial charge is 0.512 e. The van der Waals surface area contributed by atoms with E-state index in [2.05, 4.69) is 5.32 Å². The van der Waals surface area contributed by atoms with Crippen molar-refractivity contribution in [3.8, 4) is 0 Å². The van der Waals surface area contributed by atoms with Crippen molar-refractivity contribution in [2.24, 2.45) is 0 Å². The molecule has 0 aromatic carbocycles. The summed E-state index contributed by atoms with van der Waals surface area (Å²) in [7, 11) is 0. The van der Waals surface area contributed by atoms with E-state index in [4.69, 9.17) is 9.84 Å². The number of rotatable bonds is 2. The molecule has 0 aromatic rings. The number of carbonyl (C=O) groups is 1. The molecular weight excluding hydrogens is 206 g/mol. The topological polar surface area (TPSA) is 58.6 Å². The predicted molar refractivity (Wildman–Crippen MR) is 62.3 cm³/mol. The van der Waals surface area contributed by atoms with Crippen LogP contribution in [0.5, 0.6) is 0 Å². The molecular formula is C12H19NO3. The number of ether oxygens (including phenoxy) is 1. The minimum Gasteiger partial charge on any atom is -0.512 e. The van der Waals surface area contributed by atoms with E-state index < -0.39 is 11.7 Å². The van der Waals surface area contributed by atoms with Gasteiger partial charge in [0.15, 0.2) is 0 Å². The number of amides is 1. The first-order valence-corrected chi connectivity index (χ1v) is 5.41. The van der Waals surface area contributed by atoms with Crippen LogP contribution >= 0.6 is 0 Å². The van der Waals surface area contributed by atoms with Crippen molar-refractivity contribution in [3.63, 3.8) is 0 Å². The van der Waals surface area contributed by atoms with E-state index >= 15 is 0 Å². The molecule has 0 heterocycles. The van der Waals surface area contributed by atoms with Gasteiger partial charge < -0.3 is 15.2 Å². The lowest BCUT2D eigenvalue weighted by Gasteiger charge is -2.20. The van der Waals surface area contributed by atoms with Gasteiger partial charge >= 0.3 is 6.09 Å². The summed E-state index contributed by atoms with van der Waals surface area (Å²) in [5, 5.41) is 11.8. The normalized spacial score (nSPS) is 16.2. The molecule has 2 N–H and O–H groups in total. The van der Waals surface area contributed by atoms with E-state index in [1.54, 1.807) is 6.08 Å². The van der Waals surface area contributed by atoms with Crippen LogP contribution in [0.3, 0.4) is 0 Å². The maximum absolute atomic E-state index is 11.3. The summed E-state index contributed by atoms with van der Waals surface area (Å²) in [6.45, 7) is 5.95. The third-order valence-electron chi connectivity index (χ3n) is 2.07. The van der Waals surface area contributed by atoms with Gasteiger partial charge in [-0.2, -0.15) is 0 Å². The van der Waals surface area contributed by atoms with Crippen LogP contribution in [0.25, 0.3) is 0 Å². The number of allylic oxidation sites excluding steroid dienone is 3. The lowest BCUT2D eigenvalue weighted by Crippen LogP contribution is -2.33. The molecule has 4 nitrogen and oxygen atoms in total. The number of hydrogen-bond donors (Lipinski definition) is 2. The van der Waals surface area contributed by atoms with Gasteiger partial charge in [0.1, 0.15) is 5.60 Å². The molecule has 0 atom stereocenters. The van der Waals surface area contributed by atoms with Crippen LogP contribution in [-0.2, 0) is 4.74 Å². The van der Waals surface area contributed by atoms with Crippen LogP contribution in [0.4, 0.5) is 4.79 Å². The zero-order valence-electron chi connectivity index (χ0n) is 10.0. The molecule has 0 aromatic heterocycles. The van der Waals surface area contributed by atoms with Gasteiger partial charge in [-0.25, -0.2) is 4.79 Å². The Kier molecular flexibility index (Phi) is 3.99. The molecule has 1 amide bonds. The van der Waals surface area contributed by atoms with Crippen molar-refractivity contribution in [1.29, 1.82) is 0 Å². The number of carbonyl (C=O) groups excluding carboxylic acids is 1. The van der Waals surface area contributed by atoms with Gasteiger partial charge in [-0.3, -0.25) is 0 Å². The molecule has 1 aliphatic carbocycles. The van der Waals surface area contributed by atoms with Crippen LogP contribution in [-0.4, -0.2) is 23.3 Å². The Hall–Kier alpha value is -1.45. The molecule has 4 heteroatoms. The molecule has 0 spiro atoms. The molecule has 1 aliphatic rings. The summed E-state index contributed by atoms with van der Waals surface area (Å²) >= 11 is 0. The Labute approximate surface area is 96.0 Å². The minimum absolute atomic E-state index is 0.390. The average molecular weight is 225 g/mol. The zero-order chi connectivity index (χ0) is 12.2. The molecule has 0 saturated carbocycles. The smallest absolute Gasteiger partial charge is 0.407 e. The summed E-state index contributed by atoms with van der Waals surface area (Å²) in [5.74, 6) is 0.390. The number of hydrogen-bond acceptors (Lipinski definition) is 3. The Morgan fingerprint density at radius 3 is 2.62 bits per heavy atom. The average Bonchev–Trinajstić information content (AvgIpc) is 2.14. The zero-order valence-corrected chi connectivity index (χ0v) is 10.0. The van der Waals surface area contributed by atoms with Crippen molar-refractivity contribution in [2.75, 3.05) is 6.54 Å². The highest BCUT2D eigenvalue weighted by molar-refractivity contribution is 5.68. The number of aliphatic hydroxyl groups is 1. The highest BCUT2D eigenvalue weighted by Crippen LogP contribution is 2.15. The molecule has 1 rings (SSSR count). The fourth-order valence-electron chi connectivity index (χ4n) is 1.32. The molecule has 16 heavy (non-hydrogen) atoms. The Balaban J connectivity index is 2.33. The van der Waals surface area contributed by atoms with Gasteiger partial charge in [0.2, 0.25) is 0 Å². The second kappa shape index (κ2) is 5.05. The molecule has 0 bridgehead atoms. The second-order valence-electron chi connectivity index (χ2n) is 4.84. The Morgan fingerprint density at radius 2 is 2.12 bits per heavy atom. The fourth-order valence-corrected chi connectivity index (χ4v) is 1.32. The Morgan fingerprint density at radius 1 is 1.44 bits per heavy atom. The molecule has 90 valence electrons. The van der Waals surface area contributed by atoms with E-state index in [0.717, 1.165) is 12.0 Å². The first-order valence-electron chi connectivity index (χ1n) is 5.41. The molecule has 0 unspecified atom stereocenters. The summed E-state index contributed by atoms with van der Waals surface area (Å²) in [6.07, 6.45) is 4.50. The highest BCUT2D eigenvalue weighted by Gasteiger charge is 2.16. The first kappa shape index (κ1) is 12.6. The maximum atomic E-state index is 11.3. The SMILES string of the molecule is CC(C)(C)OC(=O)NCC1=CC=C(O)CC1. The summed E-state index contributed by atoms with van der Waals surface area (Å²) < 4.78 is 5.11. The van der Waals surface area contributed by atoms with Gasteiger partial charge in [-0.05, 0) is 33.3 Å². The van der Waals surface area contributed by atoms with Crippen molar-refractivity contribution >= 4 is 6.09 Å². The van der Waals surface area contributed by atoms with Gasteiger partial charge in [0.25, 0.3) is 0 Å². The molecule has 0 aliphatic heterocycles. The van der Waals surface area contributed by atoms with Crippen LogP contribution in [0.15, 0.2) is 23.5 Å². The number of nitrogens with one attached hydrogen (secondary N) is 1. The van der Waals surface area contributed by atoms with Gasteiger partial charge in [0, 0.05) is 13.0 Å². The van der Waals surface area contributed by atoms with Crippen LogP contribution in [0.1, 0.15) is 33.6 Å². The Bertz CT molecular complexity index is 324. The first-order chi connectivity index (χ1) is 7.37. The highest BCUT2D eigenvalue weighted by atomic mass is 16.6. The standard InChI is InChI=1S/C12H19NO3/c1-12(2,3)16-11(15)13-8-9-4-6-10(14)7-5-9/h4,6,14H,5,7-8H2,1-3H3,(H,13,15). The molecule has 0 fully saturated rings. The van der Waals surface area contributed by atoms with E-state index in [-0.39, 0.29) is 0 Å². The predicted octanol–water partition coefficient (Wildman–Crippen LogP) is 2.67. The summed E-state index contributed by atoms with van der Waals surface area (Å²) in [6, 6.07) is 0. The fraction of sp³-hybridized carbons (Fsp3) is 0.583. The lowest BCUT2D eigenvalue weighted by atomic mass is 10.0. The second-order valence-corrected chi connectivity index (χ2v) is 4.84. The van der Waals surface area contributed by atoms with Crippen molar-refractivity contribution in [3.05, 3.63) is 23.5 Å². The van der Waals surface area contributed by atoms with Crippen LogP contribution in [0, 0.1) is 0 Å². The van der Waals surface area contributed by atoms with Crippen LogP contribution in [0.2, 0.25) is 0 Å². The van der Waals surface area contributed by atoms with Gasteiger partial charge in [0.05, 0.1) is 5.76 Å². The summed E-state index contributed by atoms with van der Waals surface area (Å²) in [4.78, 5) is 11.3. The van der Waals surface area contributed by atoms with E-state index in [0.29, 0.717) is 18.7 Å². The molecule has 0 radical (unpaired) electrons. The third kappa shape index (κ3) is 4.87. The lowest BCUT2D eigenvalue weighted by molar-refractivity contribution is 0.0532. The number of aliphatic hydroxyl groups excluding tert-OH is 1. The molecule has 0 saturated heterocycles. The van der Waals surface area contributed by atoms with Gasteiger partial charge in [-0.15, -0.1) is 0 Å². The van der Waals surface area contributed by atoms with Crippen molar-refractivity contribution in [2.45, 2.75) is 39.2 Å². The third-order valence-corrected chi connectivity index (χ3v) is 2.07. The van der Waals surface area contributed by atoms with E-state index in [1.165, 1.54) is 0 Å². The number of alkyl carbamates (subject to hydrolysis) is 1. The van der Waals surface area contributed by atoms with E-state index in [9.17, 15) is 4.79 Å². The van der Waals surface area contributed by atoms with Crippen LogP contribution < -0.4 is 5.32 Å². The monoisotopic (exact) mass is 225 g/mol. The minimum atomic E-state index is -0.469. The summed E-state index contributed by atoms with van der Waals surface area (Å²) in [5.41, 5.74) is 0.618.